The number of benzene rings is 1. The Balaban J connectivity index is 2.18. The molecule has 4 heteroatoms. The molecule has 0 amide bonds. The standard InChI is InChI=1S/C13H9ClN2O/c1-8-2-4-9(5-3-8)11-6-10-12(14)15-7-16-13(10)17-11/h2-7H,1H3. The number of aryl methyl sites for hydroxylation is 1. The van der Waals surface area contributed by atoms with Gasteiger partial charge in [-0.15, -0.1) is 0 Å². The third-order valence-corrected chi connectivity index (χ3v) is 2.92. The van der Waals surface area contributed by atoms with Gasteiger partial charge < -0.3 is 4.42 Å². The fraction of sp³-hybridized carbons (Fsp3) is 0.0769. The average Bonchev–Trinajstić information content (AvgIpc) is 2.75. The van der Waals surface area contributed by atoms with Crippen molar-refractivity contribution < 1.29 is 4.42 Å². The Labute approximate surface area is 103 Å². The highest BCUT2D eigenvalue weighted by Crippen LogP contribution is 2.29. The molecule has 0 aliphatic rings. The van der Waals surface area contributed by atoms with E-state index < -0.39 is 0 Å². The molecule has 0 fully saturated rings. The molecule has 0 N–H and O–H groups in total. The van der Waals surface area contributed by atoms with Gasteiger partial charge in [0, 0.05) is 5.56 Å². The zero-order valence-corrected chi connectivity index (χ0v) is 9.90. The summed E-state index contributed by atoms with van der Waals surface area (Å²) in [6.45, 7) is 2.05. The second-order valence-corrected chi connectivity index (χ2v) is 4.22. The lowest BCUT2D eigenvalue weighted by Crippen LogP contribution is -1.77. The summed E-state index contributed by atoms with van der Waals surface area (Å²) >= 11 is 5.97. The van der Waals surface area contributed by atoms with Crippen LogP contribution < -0.4 is 0 Å². The van der Waals surface area contributed by atoms with E-state index >= 15 is 0 Å². The van der Waals surface area contributed by atoms with Crippen molar-refractivity contribution in [3.63, 3.8) is 0 Å². The van der Waals surface area contributed by atoms with Crippen LogP contribution in [-0.4, -0.2) is 9.97 Å². The van der Waals surface area contributed by atoms with Crippen LogP contribution in [0.4, 0.5) is 0 Å². The number of fused-ring (bicyclic) bond motifs is 1. The van der Waals surface area contributed by atoms with Crippen LogP contribution in [0.15, 0.2) is 41.1 Å². The van der Waals surface area contributed by atoms with E-state index in [9.17, 15) is 0 Å². The van der Waals surface area contributed by atoms with Crippen LogP contribution in [0.5, 0.6) is 0 Å². The van der Waals surface area contributed by atoms with Gasteiger partial charge in [0.2, 0.25) is 5.71 Å². The van der Waals surface area contributed by atoms with Crippen LogP contribution in [0.1, 0.15) is 5.56 Å². The predicted molar refractivity (Wildman–Crippen MR) is 67.0 cm³/mol. The van der Waals surface area contributed by atoms with Gasteiger partial charge in [-0.25, -0.2) is 9.97 Å². The van der Waals surface area contributed by atoms with Crippen molar-refractivity contribution in [1.82, 2.24) is 9.97 Å². The molecule has 2 aromatic heterocycles. The van der Waals surface area contributed by atoms with E-state index in [0.29, 0.717) is 10.9 Å². The van der Waals surface area contributed by atoms with Crippen LogP contribution in [-0.2, 0) is 0 Å². The predicted octanol–water partition coefficient (Wildman–Crippen LogP) is 3.85. The number of hydrogen-bond acceptors (Lipinski definition) is 3. The molecule has 2 heterocycles. The molecule has 0 saturated heterocycles. The minimum Gasteiger partial charge on any atom is -0.438 e. The number of rotatable bonds is 1. The third kappa shape index (κ3) is 1.78. The van der Waals surface area contributed by atoms with Crippen molar-refractivity contribution in [2.75, 3.05) is 0 Å². The second kappa shape index (κ2) is 3.86. The Morgan fingerprint density at radius 3 is 2.59 bits per heavy atom. The minimum atomic E-state index is 0.414. The Hall–Kier alpha value is -1.87. The first kappa shape index (κ1) is 10.3. The first-order valence-corrected chi connectivity index (χ1v) is 5.59. The summed E-state index contributed by atoms with van der Waals surface area (Å²) in [5.41, 5.74) is 2.73. The van der Waals surface area contributed by atoms with Gasteiger partial charge >= 0.3 is 0 Å². The van der Waals surface area contributed by atoms with Crippen molar-refractivity contribution in [1.29, 1.82) is 0 Å². The summed E-state index contributed by atoms with van der Waals surface area (Å²) in [6.07, 6.45) is 1.40. The lowest BCUT2D eigenvalue weighted by molar-refractivity contribution is 0.617. The highest BCUT2D eigenvalue weighted by atomic mass is 35.5. The van der Waals surface area contributed by atoms with Gasteiger partial charge in [-0.05, 0) is 13.0 Å². The smallest absolute Gasteiger partial charge is 0.231 e. The van der Waals surface area contributed by atoms with Crippen molar-refractivity contribution in [3.05, 3.63) is 47.4 Å². The molecule has 0 saturated carbocycles. The number of nitrogens with zero attached hydrogens (tertiary/aromatic N) is 2. The Morgan fingerprint density at radius 2 is 1.88 bits per heavy atom. The van der Waals surface area contributed by atoms with E-state index in [4.69, 9.17) is 16.0 Å². The van der Waals surface area contributed by atoms with E-state index in [0.717, 1.165) is 16.7 Å². The second-order valence-electron chi connectivity index (χ2n) is 3.86. The van der Waals surface area contributed by atoms with Crippen LogP contribution >= 0.6 is 11.6 Å². The Kier molecular flexibility index (Phi) is 2.34. The summed E-state index contributed by atoms with van der Waals surface area (Å²) < 4.78 is 5.64. The number of furan rings is 1. The maximum absolute atomic E-state index is 5.97. The zero-order valence-electron chi connectivity index (χ0n) is 9.14. The van der Waals surface area contributed by atoms with E-state index in [1.807, 2.05) is 37.3 Å². The quantitative estimate of drug-likeness (QED) is 0.611. The van der Waals surface area contributed by atoms with Gasteiger partial charge in [-0.2, -0.15) is 0 Å². The molecular weight excluding hydrogens is 236 g/mol. The van der Waals surface area contributed by atoms with Crippen molar-refractivity contribution in [3.8, 4) is 11.3 Å². The Bertz CT molecular complexity index is 673. The van der Waals surface area contributed by atoms with Gasteiger partial charge in [0.25, 0.3) is 0 Å². The molecule has 0 unspecified atom stereocenters. The maximum Gasteiger partial charge on any atom is 0.231 e. The van der Waals surface area contributed by atoms with Crippen molar-refractivity contribution in [2.45, 2.75) is 6.92 Å². The van der Waals surface area contributed by atoms with Gasteiger partial charge in [0.05, 0.1) is 5.39 Å². The molecule has 0 aliphatic heterocycles. The highest BCUT2D eigenvalue weighted by Gasteiger charge is 2.10. The van der Waals surface area contributed by atoms with Gasteiger partial charge in [-0.3, -0.25) is 0 Å². The maximum atomic E-state index is 5.97. The zero-order chi connectivity index (χ0) is 11.8. The lowest BCUT2D eigenvalue weighted by Gasteiger charge is -1.96. The number of aromatic nitrogens is 2. The molecule has 0 atom stereocenters. The van der Waals surface area contributed by atoms with E-state index in [-0.39, 0.29) is 0 Å². The highest BCUT2D eigenvalue weighted by molar-refractivity contribution is 6.33. The fourth-order valence-electron chi connectivity index (χ4n) is 1.69. The molecule has 3 nitrogen and oxygen atoms in total. The molecule has 17 heavy (non-hydrogen) atoms. The SMILES string of the molecule is Cc1ccc(-c2cc3c(Cl)ncnc3o2)cc1. The summed E-state index contributed by atoms with van der Waals surface area (Å²) in [4.78, 5) is 7.97. The number of halogens is 1. The topological polar surface area (TPSA) is 38.9 Å². The normalized spacial score (nSPS) is 10.9. The summed E-state index contributed by atoms with van der Waals surface area (Å²) in [5, 5.41) is 1.15. The molecular formula is C13H9ClN2O. The molecule has 84 valence electrons. The largest absolute Gasteiger partial charge is 0.438 e. The average molecular weight is 245 g/mol. The Morgan fingerprint density at radius 1 is 1.12 bits per heavy atom. The molecule has 0 aliphatic carbocycles. The summed E-state index contributed by atoms with van der Waals surface area (Å²) in [7, 11) is 0. The monoisotopic (exact) mass is 244 g/mol. The molecule has 1 aromatic carbocycles. The summed E-state index contributed by atoms with van der Waals surface area (Å²) in [5.74, 6) is 0.752. The molecule has 0 radical (unpaired) electrons. The molecule has 0 bridgehead atoms. The molecule has 0 spiro atoms. The van der Waals surface area contributed by atoms with Crippen molar-refractivity contribution in [2.24, 2.45) is 0 Å². The number of hydrogen-bond donors (Lipinski definition) is 0. The first-order valence-electron chi connectivity index (χ1n) is 5.21. The molecule has 3 aromatic rings. The van der Waals surface area contributed by atoms with E-state index in [1.165, 1.54) is 11.9 Å². The van der Waals surface area contributed by atoms with E-state index in [2.05, 4.69) is 9.97 Å². The molecule has 3 rings (SSSR count). The summed E-state index contributed by atoms with van der Waals surface area (Å²) in [6, 6.07) is 9.96. The van der Waals surface area contributed by atoms with Crippen LogP contribution in [0.2, 0.25) is 5.15 Å². The van der Waals surface area contributed by atoms with Crippen LogP contribution in [0.25, 0.3) is 22.4 Å². The fourth-order valence-corrected chi connectivity index (χ4v) is 1.87. The van der Waals surface area contributed by atoms with Gasteiger partial charge in [-0.1, -0.05) is 41.4 Å². The van der Waals surface area contributed by atoms with Crippen molar-refractivity contribution >= 4 is 22.7 Å². The van der Waals surface area contributed by atoms with Crippen LogP contribution in [0, 0.1) is 6.92 Å². The lowest BCUT2D eigenvalue weighted by atomic mass is 10.1. The third-order valence-electron chi connectivity index (χ3n) is 2.62. The van der Waals surface area contributed by atoms with Gasteiger partial charge in [0.1, 0.15) is 17.2 Å². The first-order chi connectivity index (χ1) is 8.24. The van der Waals surface area contributed by atoms with Gasteiger partial charge in [0.15, 0.2) is 0 Å². The van der Waals surface area contributed by atoms with E-state index in [1.54, 1.807) is 0 Å². The van der Waals surface area contributed by atoms with Crippen LogP contribution in [0.3, 0.4) is 0 Å². The minimum absolute atomic E-state index is 0.414.